The van der Waals surface area contributed by atoms with E-state index in [4.69, 9.17) is 0 Å². The van der Waals surface area contributed by atoms with Crippen LogP contribution in [-0.4, -0.2) is 10.5 Å². The SMILES string of the molecule is Cc1cc(-n2c(C)cc(/C=C3/C(=O)N(c4ccccc4)c4ccccc43)c2C)ccc1Br. The third-order valence-electron chi connectivity index (χ3n) is 6.05. The molecule has 0 fully saturated rings. The minimum absolute atomic E-state index is 0.00156. The van der Waals surface area contributed by atoms with Crippen LogP contribution >= 0.6 is 15.9 Å². The number of anilines is 2. The summed E-state index contributed by atoms with van der Waals surface area (Å²) in [6.45, 7) is 6.31. The maximum absolute atomic E-state index is 13.6. The van der Waals surface area contributed by atoms with E-state index in [2.05, 4.69) is 65.5 Å². The Bertz CT molecular complexity index is 1380. The summed E-state index contributed by atoms with van der Waals surface area (Å²) in [6, 6.07) is 26.3. The quantitative estimate of drug-likeness (QED) is 0.279. The predicted molar refractivity (Wildman–Crippen MR) is 136 cm³/mol. The van der Waals surface area contributed by atoms with Crippen molar-refractivity contribution in [3.63, 3.8) is 0 Å². The van der Waals surface area contributed by atoms with Gasteiger partial charge in [-0.25, -0.2) is 0 Å². The van der Waals surface area contributed by atoms with Crippen LogP contribution in [0.15, 0.2) is 83.3 Å². The molecule has 4 heteroatoms. The summed E-state index contributed by atoms with van der Waals surface area (Å²) in [5.41, 5.74) is 9.09. The summed E-state index contributed by atoms with van der Waals surface area (Å²) >= 11 is 3.59. The van der Waals surface area contributed by atoms with E-state index in [-0.39, 0.29) is 5.91 Å². The van der Waals surface area contributed by atoms with E-state index < -0.39 is 0 Å². The van der Waals surface area contributed by atoms with Crippen molar-refractivity contribution >= 4 is 44.9 Å². The number of aromatic nitrogens is 1. The molecular formula is C28H23BrN2O. The first-order chi connectivity index (χ1) is 15.5. The molecule has 4 aromatic rings. The highest BCUT2D eigenvalue weighted by Gasteiger charge is 2.33. The normalized spacial score (nSPS) is 14.3. The van der Waals surface area contributed by atoms with E-state index in [9.17, 15) is 4.79 Å². The molecule has 158 valence electrons. The van der Waals surface area contributed by atoms with Gasteiger partial charge >= 0.3 is 0 Å². The van der Waals surface area contributed by atoms with Crippen molar-refractivity contribution in [3.8, 4) is 5.69 Å². The molecule has 1 aliphatic rings. The fourth-order valence-electron chi connectivity index (χ4n) is 4.47. The first-order valence-corrected chi connectivity index (χ1v) is 11.4. The van der Waals surface area contributed by atoms with Crippen molar-refractivity contribution in [1.29, 1.82) is 0 Å². The van der Waals surface area contributed by atoms with Gasteiger partial charge in [0.2, 0.25) is 0 Å². The van der Waals surface area contributed by atoms with Gasteiger partial charge in [0.1, 0.15) is 0 Å². The lowest BCUT2D eigenvalue weighted by Crippen LogP contribution is -2.20. The molecule has 0 saturated carbocycles. The largest absolute Gasteiger partial charge is 0.318 e. The third kappa shape index (κ3) is 3.32. The second-order valence-electron chi connectivity index (χ2n) is 8.15. The predicted octanol–water partition coefficient (Wildman–Crippen LogP) is 7.38. The number of hydrogen-bond acceptors (Lipinski definition) is 1. The van der Waals surface area contributed by atoms with Crippen molar-refractivity contribution in [2.24, 2.45) is 0 Å². The lowest BCUT2D eigenvalue weighted by molar-refractivity contribution is -0.112. The molecule has 0 radical (unpaired) electrons. The van der Waals surface area contributed by atoms with Crippen LogP contribution in [0.3, 0.4) is 0 Å². The van der Waals surface area contributed by atoms with Gasteiger partial charge in [-0.3, -0.25) is 9.69 Å². The maximum Gasteiger partial charge on any atom is 0.263 e. The standard InChI is InChI=1S/C28H23BrN2O/c1-18-15-23(13-14-26(18)29)30-19(2)16-21(20(30)3)17-25-24-11-7-8-12-27(24)31(28(25)32)22-9-5-4-6-10-22/h4-17H,1-3H3/b25-17+. The Labute approximate surface area is 196 Å². The van der Waals surface area contributed by atoms with Crippen LogP contribution in [0.25, 0.3) is 17.3 Å². The number of aryl methyl sites for hydroxylation is 2. The summed E-state index contributed by atoms with van der Waals surface area (Å²) < 4.78 is 3.34. The Morgan fingerprint density at radius 2 is 1.53 bits per heavy atom. The molecule has 1 aromatic heterocycles. The number of hydrogen-bond donors (Lipinski definition) is 0. The van der Waals surface area contributed by atoms with Crippen molar-refractivity contribution < 1.29 is 4.79 Å². The molecule has 0 unspecified atom stereocenters. The van der Waals surface area contributed by atoms with Crippen LogP contribution in [0.5, 0.6) is 0 Å². The lowest BCUT2D eigenvalue weighted by atomic mass is 10.0. The molecule has 3 nitrogen and oxygen atoms in total. The molecule has 32 heavy (non-hydrogen) atoms. The van der Waals surface area contributed by atoms with Crippen LogP contribution < -0.4 is 4.90 Å². The number of nitrogens with zero attached hydrogens (tertiary/aromatic N) is 2. The Hall–Kier alpha value is -3.37. The van der Waals surface area contributed by atoms with Crippen LogP contribution in [-0.2, 0) is 4.79 Å². The number of fused-ring (bicyclic) bond motifs is 1. The molecule has 3 aromatic carbocycles. The second kappa shape index (κ2) is 7.95. The van der Waals surface area contributed by atoms with E-state index in [1.165, 1.54) is 5.56 Å². The molecular weight excluding hydrogens is 460 g/mol. The van der Waals surface area contributed by atoms with E-state index >= 15 is 0 Å². The van der Waals surface area contributed by atoms with E-state index in [1.54, 1.807) is 4.90 Å². The number of halogens is 1. The average molecular weight is 483 g/mol. The van der Waals surface area contributed by atoms with E-state index in [0.29, 0.717) is 0 Å². The number of para-hydroxylation sites is 2. The van der Waals surface area contributed by atoms with Crippen molar-refractivity contribution in [1.82, 2.24) is 4.57 Å². The van der Waals surface area contributed by atoms with E-state index in [0.717, 1.165) is 49.6 Å². The van der Waals surface area contributed by atoms with Crippen LogP contribution in [0.1, 0.15) is 28.1 Å². The highest BCUT2D eigenvalue weighted by Crippen LogP contribution is 2.42. The van der Waals surface area contributed by atoms with Gasteiger partial charge in [0.15, 0.2) is 0 Å². The van der Waals surface area contributed by atoms with Gasteiger partial charge in [-0.15, -0.1) is 0 Å². The minimum Gasteiger partial charge on any atom is -0.318 e. The number of carbonyl (C=O) groups is 1. The molecule has 0 bridgehead atoms. The van der Waals surface area contributed by atoms with Gasteiger partial charge in [0.05, 0.1) is 11.3 Å². The van der Waals surface area contributed by atoms with Crippen molar-refractivity contribution in [3.05, 3.63) is 111 Å². The minimum atomic E-state index is 0.00156. The molecule has 0 spiro atoms. The molecule has 0 atom stereocenters. The average Bonchev–Trinajstić information content (AvgIpc) is 3.23. The summed E-state index contributed by atoms with van der Waals surface area (Å²) in [5, 5.41) is 0. The summed E-state index contributed by atoms with van der Waals surface area (Å²) in [5.74, 6) is 0.00156. The topological polar surface area (TPSA) is 25.2 Å². The fraction of sp³-hybridized carbons (Fsp3) is 0.107. The first kappa shape index (κ1) is 20.5. The molecule has 1 aliphatic heterocycles. The fourth-order valence-corrected chi connectivity index (χ4v) is 4.72. The molecule has 0 saturated heterocycles. The Balaban J connectivity index is 1.63. The molecule has 0 N–H and O–H groups in total. The van der Waals surface area contributed by atoms with Gasteiger partial charge in [-0.2, -0.15) is 0 Å². The molecule has 1 amide bonds. The summed E-state index contributed by atoms with van der Waals surface area (Å²) in [7, 11) is 0. The van der Waals surface area contributed by atoms with Gasteiger partial charge < -0.3 is 4.57 Å². The molecule has 5 rings (SSSR count). The van der Waals surface area contributed by atoms with Gasteiger partial charge in [-0.1, -0.05) is 52.3 Å². The molecule has 0 aliphatic carbocycles. The third-order valence-corrected chi connectivity index (χ3v) is 6.94. The lowest BCUT2D eigenvalue weighted by Gasteiger charge is -2.16. The van der Waals surface area contributed by atoms with Gasteiger partial charge in [0, 0.05) is 32.8 Å². The maximum atomic E-state index is 13.6. The Morgan fingerprint density at radius 3 is 2.28 bits per heavy atom. The van der Waals surface area contributed by atoms with Crippen LogP contribution in [0, 0.1) is 20.8 Å². The smallest absolute Gasteiger partial charge is 0.263 e. The highest BCUT2D eigenvalue weighted by molar-refractivity contribution is 9.10. The number of rotatable bonds is 3. The Kier molecular flexibility index (Phi) is 5.10. The van der Waals surface area contributed by atoms with Gasteiger partial charge in [0.25, 0.3) is 5.91 Å². The van der Waals surface area contributed by atoms with Crippen LogP contribution in [0.4, 0.5) is 11.4 Å². The van der Waals surface area contributed by atoms with Crippen LogP contribution in [0.2, 0.25) is 0 Å². The first-order valence-electron chi connectivity index (χ1n) is 10.6. The highest BCUT2D eigenvalue weighted by atomic mass is 79.9. The van der Waals surface area contributed by atoms with Crippen molar-refractivity contribution in [2.75, 3.05) is 4.90 Å². The van der Waals surface area contributed by atoms with E-state index in [1.807, 2.05) is 60.7 Å². The Morgan fingerprint density at radius 1 is 0.812 bits per heavy atom. The van der Waals surface area contributed by atoms with Gasteiger partial charge in [-0.05, 0) is 80.4 Å². The second-order valence-corrected chi connectivity index (χ2v) is 9.00. The zero-order valence-corrected chi connectivity index (χ0v) is 19.8. The zero-order chi connectivity index (χ0) is 22.4. The summed E-state index contributed by atoms with van der Waals surface area (Å²) in [6.07, 6.45) is 2.04. The number of carbonyl (C=O) groups excluding carboxylic acids is 1. The number of benzene rings is 3. The monoisotopic (exact) mass is 482 g/mol. The molecule has 2 heterocycles. The van der Waals surface area contributed by atoms with Crippen molar-refractivity contribution in [2.45, 2.75) is 20.8 Å². The summed E-state index contributed by atoms with van der Waals surface area (Å²) in [4.78, 5) is 15.4. The zero-order valence-electron chi connectivity index (χ0n) is 18.3. The number of amides is 1.